The molecule has 0 bridgehead atoms. The monoisotopic (exact) mass is 430 g/mol. The number of rotatable bonds is 5. The van der Waals surface area contributed by atoms with E-state index in [1.807, 2.05) is 22.7 Å². The zero-order chi connectivity index (χ0) is 22.1. The molecule has 32 heavy (non-hydrogen) atoms. The van der Waals surface area contributed by atoms with E-state index in [0.717, 1.165) is 48.9 Å². The number of fused-ring (bicyclic) bond motifs is 1. The predicted molar refractivity (Wildman–Crippen MR) is 127 cm³/mol. The molecule has 5 rings (SSSR count). The number of nitrogens with zero attached hydrogens (tertiary/aromatic N) is 5. The Kier molecular flexibility index (Phi) is 5.49. The summed E-state index contributed by atoms with van der Waals surface area (Å²) in [7, 11) is 0. The lowest BCUT2D eigenvalue weighted by molar-refractivity contribution is 0.209. The van der Waals surface area contributed by atoms with Gasteiger partial charge in [-0.1, -0.05) is 0 Å². The molecule has 0 saturated carbocycles. The molecule has 0 radical (unpaired) electrons. The van der Waals surface area contributed by atoms with Crippen LogP contribution >= 0.6 is 0 Å². The van der Waals surface area contributed by atoms with Crippen molar-refractivity contribution in [3.8, 4) is 11.3 Å². The topological polar surface area (TPSA) is 48.7 Å². The normalized spacial score (nSPS) is 14.9. The van der Waals surface area contributed by atoms with E-state index in [-0.39, 0.29) is 5.82 Å². The number of benzene rings is 1. The van der Waals surface area contributed by atoms with Crippen LogP contribution in [0.15, 0.2) is 67.3 Å². The molecule has 1 saturated heterocycles. The lowest BCUT2D eigenvalue weighted by Crippen LogP contribution is -2.48. The average molecular weight is 431 g/mol. The second-order valence-electron chi connectivity index (χ2n) is 8.43. The Labute approximate surface area is 187 Å². The van der Waals surface area contributed by atoms with Gasteiger partial charge in [0.2, 0.25) is 0 Å². The lowest BCUT2D eigenvalue weighted by atomic mass is 10.1. The van der Waals surface area contributed by atoms with Gasteiger partial charge in [0.15, 0.2) is 5.65 Å². The van der Waals surface area contributed by atoms with E-state index in [9.17, 15) is 4.39 Å². The highest BCUT2D eigenvalue weighted by Crippen LogP contribution is 2.28. The zero-order valence-corrected chi connectivity index (χ0v) is 18.4. The third kappa shape index (κ3) is 4.03. The molecule has 4 heterocycles. The number of pyridine rings is 2. The fourth-order valence-electron chi connectivity index (χ4n) is 4.31. The van der Waals surface area contributed by atoms with Gasteiger partial charge >= 0.3 is 0 Å². The molecule has 1 fully saturated rings. The summed E-state index contributed by atoms with van der Waals surface area (Å²) in [5.41, 5.74) is 5.47. The van der Waals surface area contributed by atoms with E-state index >= 15 is 0 Å². The van der Waals surface area contributed by atoms with Gasteiger partial charge in [0.25, 0.3) is 0 Å². The molecule has 0 spiro atoms. The standard InChI is InChI=1S/C25H27FN6/c1-18(2)30-11-13-31(14-12-30)22-5-3-21(4-6-22)29-23-7-8-24(32-10-9-28-25(23)32)19-15-20(26)17-27-16-19/h3-10,15-18,29H,11-14H2,1-2H3. The summed E-state index contributed by atoms with van der Waals surface area (Å²) in [4.78, 5) is 13.4. The van der Waals surface area contributed by atoms with E-state index in [1.165, 1.54) is 18.0 Å². The third-order valence-electron chi connectivity index (χ3n) is 6.11. The summed E-state index contributed by atoms with van der Waals surface area (Å²) in [5, 5.41) is 3.48. The molecule has 164 valence electrons. The second-order valence-corrected chi connectivity index (χ2v) is 8.43. The number of piperazine rings is 1. The summed E-state index contributed by atoms with van der Waals surface area (Å²) in [6.07, 6.45) is 6.49. The van der Waals surface area contributed by atoms with E-state index in [1.54, 1.807) is 12.4 Å². The minimum Gasteiger partial charge on any atom is -0.369 e. The number of imidazole rings is 1. The SMILES string of the molecule is CC(C)N1CCN(c2ccc(Nc3ccc(-c4cncc(F)c4)n4ccnc34)cc2)CC1. The first-order chi connectivity index (χ1) is 15.6. The summed E-state index contributed by atoms with van der Waals surface area (Å²) in [6, 6.07) is 14.6. The Morgan fingerprint density at radius 1 is 0.969 bits per heavy atom. The van der Waals surface area contributed by atoms with Crippen LogP contribution in [-0.4, -0.2) is 51.5 Å². The van der Waals surface area contributed by atoms with Crippen molar-refractivity contribution in [2.45, 2.75) is 19.9 Å². The third-order valence-corrected chi connectivity index (χ3v) is 6.11. The van der Waals surface area contributed by atoms with Crippen molar-refractivity contribution >= 4 is 22.7 Å². The van der Waals surface area contributed by atoms with Gasteiger partial charge in [-0.2, -0.15) is 0 Å². The first kappa shape index (κ1) is 20.5. The minimum absolute atomic E-state index is 0.358. The Hall–Kier alpha value is -3.45. The molecule has 1 aliphatic rings. The predicted octanol–water partition coefficient (Wildman–Crippen LogP) is 4.81. The quantitative estimate of drug-likeness (QED) is 0.492. The highest BCUT2D eigenvalue weighted by Gasteiger charge is 2.19. The lowest BCUT2D eigenvalue weighted by Gasteiger charge is -2.38. The smallest absolute Gasteiger partial charge is 0.161 e. The molecule has 4 aromatic rings. The van der Waals surface area contributed by atoms with E-state index in [0.29, 0.717) is 11.6 Å². The largest absolute Gasteiger partial charge is 0.369 e. The molecular formula is C25H27FN6. The minimum atomic E-state index is -0.358. The van der Waals surface area contributed by atoms with Crippen LogP contribution in [0, 0.1) is 5.82 Å². The summed E-state index contributed by atoms with van der Waals surface area (Å²) in [6.45, 7) is 8.82. The molecule has 1 aliphatic heterocycles. The van der Waals surface area contributed by atoms with Crippen LogP contribution in [0.1, 0.15) is 13.8 Å². The van der Waals surface area contributed by atoms with Gasteiger partial charge < -0.3 is 10.2 Å². The molecule has 1 N–H and O–H groups in total. The molecule has 7 heteroatoms. The maximum atomic E-state index is 13.7. The van der Waals surface area contributed by atoms with E-state index < -0.39 is 0 Å². The summed E-state index contributed by atoms with van der Waals surface area (Å²) in [5.74, 6) is -0.358. The fourth-order valence-corrected chi connectivity index (χ4v) is 4.31. The van der Waals surface area contributed by atoms with Gasteiger partial charge in [-0.15, -0.1) is 0 Å². The van der Waals surface area contributed by atoms with Crippen molar-refractivity contribution < 1.29 is 4.39 Å². The maximum absolute atomic E-state index is 13.7. The van der Waals surface area contributed by atoms with Crippen LogP contribution in [0.2, 0.25) is 0 Å². The Bertz CT molecular complexity index is 1210. The van der Waals surface area contributed by atoms with Crippen LogP contribution in [0.25, 0.3) is 16.9 Å². The summed E-state index contributed by atoms with van der Waals surface area (Å²) < 4.78 is 15.6. The fraction of sp³-hybridized carbons (Fsp3) is 0.280. The van der Waals surface area contributed by atoms with Crippen molar-refractivity contribution in [1.82, 2.24) is 19.3 Å². The van der Waals surface area contributed by atoms with Gasteiger partial charge in [-0.25, -0.2) is 9.37 Å². The van der Waals surface area contributed by atoms with Crippen LogP contribution in [0.4, 0.5) is 21.5 Å². The van der Waals surface area contributed by atoms with Gasteiger partial charge in [-0.3, -0.25) is 14.3 Å². The number of hydrogen-bond donors (Lipinski definition) is 1. The van der Waals surface area contributed by atoms with Crippen LogP contribution in [0.3, 0.4) is 0 Å². The first-order valence-corrected chi connectivity index (χ1v) is 11.0. The molecule has 3 aromatic heterocycles. The maximum Gasteiger partial charge on any atom is 0.161 e. The number of hydrogen-bond acceptors (Lipinski definition) is 5. The van der Waals surface area contributed by atoms with Crippen LogP contribution < -0.4 is 10.2 Å². The summed E-state index contributed by atoms with van der Waals surface area (Å²) >= 11 is 0. The van der Waals surface area contributed by atoms with E-state index in [4.69, 9.17) is 0 Å². The van der Waals surface area contributed by atoms with Crippen LogP contribution in [-0.2, 0) is 0 Å². The average Bonchev–Trinajstić information content (AvgIpc) is 3.30. The van der Waals surface area contributed by atoms with Crippen molar-refractivity contribution in [2.24, 2.45) is 0 Å². The zero-order valence-electron chi connectivity index (χ0n) is 18.4. The van der Waals surface area contributed by atoms with Crippen molar-refractivity contribution in [2.75, 3.05) is 36.4 Å². The molecule has 6 nitrogen and oxygen atoms in total. The van der Waals surface area contributed by atoms with Gasteiger partial charge in [0.1, 0.15) is 5.82 Å². The molecule has 0 atom stereocenters. The highest BCUT2D eigenvalue weighted by atomic mass is 19.1. The molecule has 0 aliphatic carbocycles. The Morgan fingerprint density at radius 3 is 2.47 bits per heavy atom. The van der Waals surface area contributed by atoms with Crippen LogP contribution in [0.5, 0.6) is 0 Å². The van der Waals surface area contributed by atoms with Crippen molar-refractivity contribution in [3.05, 3.63) is 73.1 Å². The number of halogens is 1. The second kappa shape index (κ2) is 8.59. The van der Waals surface area contributed by atoms with Crippen molar-refractivity contribution in [1.29, 1.82) is 0 Å². The molecule has 1 aromatic carbocycles. The van der Waals surface area contributed by atoms with Gasteiger partial charge in [0.05, 0.1) is 17.6 Å². The number of anilines is 3. The van der Waals surface area contributed by atoms with E-state index in [2.05, 4.69) is 63.2 Å². The Morgan fingerprint density at radius 2 is 1.75 bits per heavy atom. The first-order valence-electron chi connectivity index (χ1n) is 11.0. The number of aromatic nitrogens is 3. The Balaban J connectivity index is 1.34. The van der Waals surface area contributed by atoms with Crippen molar-refractivity contribution in [3.63, 3.8) is 0 Å². The molecular weight excluding hydrogens is 403 g/mol. The van der Waals surface area contributed by atoms with Gasteiger partial charge in [-0.05, 0) is 56.3 Å². The molecule has 0 unspecified atom stereocenters. The molecule has 0 amide bonds. The highest BCUT2D eigenvalue weighted by molar-refractivity contribution is 5.78. The van der Waals surface area contributed by atoms with Gasteiger partial charge in [0, 0.05) is 67.7 Å². The number of nitrogens with one attached hydrogen (secondary N) is 1.